The zero-order valence-corrected chi connectivity index (χ0v) is 15.0. The van der Waals surface area contributed by atoms with E-state index in [4.69, 9.17) is 0 Å². The molecule has 1 aliphatic rings. The SMILES string of the molecule is CN(C(=O)C1=CC=CCC1C(=O)N(C)c1ccccc1)c1ccccc1. The summed E-state index contributed by atoms with van der Waals surface area (Å²) in [5.41, 5.74) is 2.14. The molecule has 3 rings (SSSR count). The molecular formula is C22H22N2O2. The topological polar surface area (TPSA) is 40.6 Å². The average molecular weight is 346 g/mol. The van der Waals surface area contributed by atoms with Crippen molar-refractivity contribution in [2.45, 2.75) is 6.42 Å². The fourth-order valence-corrected chi connectivity index (χ4v) is 3.06. The fraction of sp³-hybridized carbons (Fsp3) is 0.182. The number of carbonyl (C=O) groups excluding carboxylic acids is 2. The number of carbonyl (C=O) groups is 2. The Morgan fingerprint density at radius 1 is 0.846 bits per heavy atom. The summed E-state index contributed by atoms with van der Waals surface area (Å²) in [7, 11) is 3.48. The first kappa shape index (κ1) is 17.7. The van der Waals surface area contributed by atoms with Gasteiger partial charge < -0.3 is 9.80 Å². The van der Waals surface area contributed by atoms with Crippen molar-refractivity contribution < 1.29 is 9.59 Å². The first-order valence-corrected chi connectivity index (χ1v) is 8.62. The van der Waals surface area contributed by atoms with Gasteiger partial charge >= 0.3 is 0 Å². The highest BCUT2D eigenvalue weighted by Crippen LogP contribution is 2.27. The molecule has 0 saturated carbocycles. The minimum absolute atomic E-state index is 0.0818. The number of benzene rings is 2. The van der Waals surface area contributed by atoms with Crippen LogP contribution in [0.25, 0.3) is 0 Å². The molecule has 0 bridgehead atoms. The van der Waals surface area contributed by atoms with E-state index < -0.39 is 5.92 Å². The molecule has 0 radical (unpaired) electrons. The number of hydrogen-bond donors (Lipinski definition) is 0. The zero-order valence-electron chi connectivity index (χ0n) is 15.0. The summed E-state index contributed by atoms with van der Waals surface area (Å²) in [5.74, 6) is -0.717. The van der Waals surface area contributed by atoms with Crippen LogP contribution in [-0.2, 0) is 9.59 Å². The van der Waals surface area contributed by atoms with Crippen LogP contribution in [0.5, 0.6) is 0 Å². The Balaban J connectivity index is 1.83. The van der Waals surface area contributed by atoms with Crippen molar-refractivity contribution in [2.75, 3.05) is 23.9 Å². The lowest BCUT2D eigenvalue weighted by Crippen LogP contribution is -2.39. The van der Waals surface area contributed by atoms with Gasteiger partial charge in [0.2, 0.25) is 5.91 Å². The van der Waals surface area contributed by atoms with Gasteiger partial charge in [-0.1, -0.05) is 54.6 Å². The van der Waals surface area contributed by atoms with Crippen LogP contribution in [0, 0.1) is 5.92 Å². The molecule has 26 heavy (non-hydrogen) atoms. The standard InChI is InChI=1S/C22H22N2O2/c1-23(17-11-5-3-6-12-17)21(25)19-15-9-10-16-20(19)22(26)24(2)18-13-7-4-8-14-18/h3-15,20H,16H2,1-2H3. The highest BCUT2D eigenvalue weighted by atomic mass is 16.2. The number of anilines is 2. The van der Waals surface area contributed by atoms with Crippen LogP contribution >= 0.6 is 0 Å². The van der Waals surface area contributed by atoms with Crippen LogP contribution in [0.15, 0.2) is 84.5 Å². The first-order chi connectivity index (χ1) is 12.6. The molecule has 0 saturated heterocycles. The second kappa shape index (κ2) is 7.83. The summed E-state index contributed by atoms with van der Waals surface area (Å²) in [6, 6.07) is 18.9. The molecule has 0 aliphatic heterocycles. The molecule has 1 unspecified atom stereocenters. The van der Waals surface area contributed by atoms with Crippen molar-refractivity contribution in [1.29, 1.82) is 0 Å². The number of allylic oxidation sites excluding steroid dienone is 3. The summed E-state index contributed by atoms with van der Waals surface area (Å²) < 4.78 is 0. The lowest BCUT2D eigenvalue weighted by molar-refractivity contribution is -0.123. The Morgan fingerprint density at radius 3 is 1.96 bits per heavy atom. The predicted molar refractivity (Wildman–Crippen MR) is 105 cm³/mol. The minimum atomic E-state index is -0.483. The van der Waals surface area contributed by atoms with Gasteiger partial charge in [-0.2, -0.15) is 0 Å². The van der Waals surface area contributed by atoms with E-state index in [1.54, 1.807) is 30.0 Å². The maximum Gasteiger partial charge on any atom is 0.254 e. The highest BCUT2D eigenvalue weighted by molar-refractivity contribution is 6.11. The van der Waals surface area contributed by atoms with E-state index >= 15 is 0 Å². The molecule has 1 atom stereocenters. The summed E-state index contributed by atoms with van der Waals surface area (Å²) >= 11 is 0. The van der Waals surface area contributed by atoms with Gasteiger partial charge in [0.05, 0.1) is 5.92 Å². The van der Waals surface area contributed by atoms with Crippen LogP contribution in [0.1, 0.15) is 6.42 Å². The van der Waals surface area contributed by atoms with Gasteiger partial charge in [-0.05, 0) is 30.7 Å². The van der Waals surface area contributed by atoms with Crippen LogP contribution in [0.4, 0.5) is 11.4 Å². The molecule has 2 amide bonds. The number of para-hydroxylation sites is 2. The normalized spacial score (nSPS) is 15.9. The van der Waals surface area contributed by atoms with E-state index in [1.807, 2.05) is 72.8 Å². The summed E-state index contributed by atoms with van der Waals surface area (Å²) in [4.78, 5) is 29.3. The van der Waals surface area contributed by atoms with Crippen molar-refractivity contribution in [3.05, 3.63) is 84.5 Å². The molecule has 132 valence electrons. The molecule has 0 fully saturated rings. The summed E-state index contributed by atoms with van der Waals surface area (Å²) in [6.45, 7) is 0. The lowest BCUT2D eigenvalue weighted by Gasteiger charge is -2.28. The molecule has 0 spiro atoms. The molecule has 0 heterocycles. The third-order valence-electron chi connectivity index (χ3n) is 4.63. The zero-order chi connectivity index (χ0) is 18.5. The number of amides is 2. The smallest absolute Gasteiger partial charge is 0.254 e. The van der Waals surface area contributed by atoms with Crippen LogP contribution in [0.3, 0.4) is 0 Å². The molecule has 2 aromatic carbocycles. The minimum Gasteiger partial charge on any atom is -0.315 e. The van der Waals surface area contributed by atoms with E-state index in [1.165, 1.54) is 0 Å². The number of rotatable bonds is 4. The summed E-state index contributed by atoms with van der Waals surface area (Å²) in [6.07, 6.45) is 6.06. The number of likely N-dealkylation sites (N-methyl/N-ethyl adjacent to an activating group) is 1. The predicted octanol–water partition coefficient (Wildman–Crippen LogP) is 3.81. The third-order valence-corrected chi connectivity index (χ3v) is 4.63. The van der Waals surface area contributed by atoms with Crippen LogP contribution < -0.4 is 9.80 Å². The van der Waals surface area contributed by atoms with Gasteiger partial charge in [-0.25, -0.2) is 0 Å². The molecule has 4 heteroatoms. The quantitative estimate of drug-likeness (QED) is 0.844. The van der Waals surface area contributed by atoms with E-state index in [9.17, 15) is 9.59 Å². The molecular weight excluding hydrogens is 324 g/mol. The van der Waals surface area contributed by atoms with Crippen LogP contribution in [0.2, 0.25) is 0 Å². The lowest BCUT2D eigenvalue weighted by atomic mass is 9.89. The van der Waals surface area contributed by atoms with Gasteiger partial charge in [0.1, 0.15) is 0 Å². The molecule has 1 aliphatic carbocycles. The van der Waals surface area contributed by atoms with Crippen molar-refractivity contribution in [2.24, 2.45) is 5.92 Å². The van der Waals surface area contributed by atoms with Crippen LogP contribution in [-0.4, -0.2) is 25.9 Å². The second-order valence-electron chi connectivity index (χ2n) is 6.27. The van der Waals surface area contributed by atoms with Gasteiger partial charge in [0.15, 0.2) is 0 Å². The van der Waals surface area contributed by atoms with Gasteiger partial charge in [0, 0.05) is 31.0 Å². The fourth-order valence-electron chi connectivity index (χ4n) is 3.06. The molecule has 4 nitrogen and oxygen atoms in total. The van der Waals surface area contributed by atoms with Crippen molar-refractivity contribution >= 4 is 23.2 Å². The van der Waals surface area contributed by atoms with Crippen molar-refractivity contribution in [3.63, 3.8) is 0 Å². The largest absolute Gasteiger partial charge is 0.315 e. The Morgan fingerprint density at radius 2 is 1.38 bits per heavy atom. The second-order valence-corrected chi connectivity index (χ2v) is 6.27. The van der Waals surface area contributed by atoms with Crippen molar-refractivity contribution in [3.8, 4) is 0 Å². The van der Waals surface area contributed by atoms with Crippen molar-refractivity contribution in [1.82, 2.24) is 0 Å². The Hall–Kier alpha value is -3.14. The molecule has 0 N–H and O–H groups in total. The Kier molecular flexibility index (Phi) is 5.32. The van der Waals surface area contributed by atoms with E-state index in [2.05, 4.69) is 0 Å². The molecule has 0 aromatic heterocycles. The van der Waals surface area contributed by atoms with E-state index in [-0.39, 0.29) is 11.8 Å². The maximum atomic E-state index is 13.1. The monoisotopic (exact) mass is 346 g/mol. The molecule has 2 aromatic rings. The average Bonchev–Trinajstić information content (AvgIpc) is 2.73. The number of nitrogens with zero attached hydrogens (tertiary/aromatic N) is 2. The highest BCUT2D eigenvalue weighted by Gasteiger charge is 2.32. The Bertz CT molecular complexity index is 841. The third kappa shape index (κ3) is 3.59. The first-order valence-electron chi connectivity index (χ1n) is 8.62. The van der Waals surface area contributed by atoms with Gasteiger partial charge in [-0.15, -0.1) is 0 Å². The summed E-state index contributed by atoms with van der Waals surface area (Å²) in [5, 5.41) is 0. The van der Waals surface area contributed by atoms with E-state index in [0.29, 0.717) is 12.0 Å². The van der Waals surface area contributed by atoms with Gasteiger partial charge in [-0.3, -0.25) is 9.59 Å². The Labute approximate surface area is 154 Å². The van der Waals surface area contributed by atoms with E-state index in [0.717, 1.165) is 11.4 Å². The maximum absolute atomic E-state index is 13.1. The number of hydrogen-bond acceptors (Lipinski definition) is 2. The van der Waals surface area contributed by atoms with Gasteiger partial charge in [0.25, 0.3) is 5.91 Å².